The van der Waals surface area contributed by atoms with Gasteiger partial charge in [-0.3, -0.25) is 24.0 Å². The third-order valence-corrected chi connectivity index (χ3v) is 18.7. The number of hydrogen-bond acceptors (Lipinski definition) is 7. The summed E-state index contributed by atoms with van der Waals surface area (Å²) in [6.45, 7) is 24.9. The molecule has 0 radical (unpaired) electrons. The van der Waals surface area contributed by atoms with Crippen LogP contribution in [-0.2, 0) is 33.4 Å². The third-order valence-electron chi connectivity index (χ3n) is 18.7. The maximum Gasteiger partial charge on any atom is 0.310 e. The Labute approximate surface area is 337 Å². The zero-order valence-electron chi connectivity index (χ0n) is 36.7. The van der Waals surface area contributed by atoms with Gasteiger partial charge in [-0.15, -0.1) is 0 Å². The highest BCUT2D eigenvalue weighted by molar-refractivity contribution is 6.02. The van der Waals surface area contributed by atoms with Gasteiger partial charge < -0.3 is 14.8 Å². The second-order valence-corrected chi connectivity index (χ2v) is 22.9. The molecule has 7 rings (SSSR count). The molecular formula is C48H73NO7. The van der Waals surface area contributed by atoms with E-state index in [1.54, 1.807) is 0 Å². The molecule has 7 aliphatic rings. The number of carbonyl (C=O) groups is 5. The number of fused-ring (bicyclic) bond motifs is 7. The first-order valence-corrected chi connectivity index (χ1v) is 22.4. The minimum Gasteiger partial charge on any atom is -0.464 e. The van der Waals surface area contributed by atoms with Gasteiger partial charge in [-0.2, -0.15) is 0 Å². The van der Waals surface area contributed by atoms with E-state index in [0.717, 1.165) is 82.6 Å². The summed E-state index contributed by atoms with van der Waals surface area (Å²) in [6, 6.07) is 0. The molecule has 312 valence electrons. The van der Waals surface area contributed by atoms with Crippen LogP contribution in [0.4, 0.5) is 0 Å². The van der Waals surface area contributed by atoms with Crippen molar-refractivity contribution in [1.82, 2.24) is 5.32 Å². The summed E-state index contributed by atoms with van der Waals surface area (Å²) in [5.74, 6) is 1.12. The molecule has 8 nitrogen and oxygen atoms in total. The zero-order chi connectivity index (χ0) is 41.0. The Hall–Kier alpha value is -2.51. The molecule has 0 unspecified atom stereocenters. The first kappa shape index (κ1) is 41.6. The lowest BCUT2D eigenvalue weighted by molar-refractivity contribution is -0.236. The second kappa shape index (κ2) is 13.8. The van der Waals surface area contributed by atoms with Gasteiger partial charge in [0.15, 0.2) is 5.78 Å². The molecule has 10 atom stereocenters. The maximum absolute atomic E-state index is 14.4. The van der Waals surface area contributed by atoms with Crippen molar-refractivity contribution < 1.29 is 33.4 Å². The number of hydrogen-bond donors (Lipinski definition) is 1. The fourth-order valence-corrected chi connectivity index (χ4v) is 15.0. The molecule has 8 heteroatoms. The highest BCUT2D eigenvalue weighted by atomic mass is 16.6. The average Bonchev–Trinajstić information content (AvgIpc) is 3.74. The predicted octanol–water partition coefficient (Wildman–Crippen LogP) is 9.51. The summed E-state index contributed by atoms with van der Waals surface area (Å²) < 4.78 is 11.7. The van der Waals surface area contributed by atoms with Crippen LogP contribution in [0.1, 0.15) is 172 Å². The van der Waals surface area contributed by atoms with Gasteiger partial charge >= 0.3 is 5.97 Å². The van der Waals surface area contributed by atoms with Gasteiger partial charge in [0, 0.05) is 29.6 Å². The average molecular weight is 776 g/mol. The number of Topliss-reactive ketones (excluding diaryl/α,β-unsaturated/α-hetero) is 2. The maximum atomic E-state index is 14.4. The molecule has 0 aliphatic heterocycles. The molecule has 0 aromatic carbocycles. The zero-order valence-corrected chi connectivity index (χ0v) is 36.7. The Balaban J connectivity index is 1.13. The van der Waals surface area contributed by atoms with Gasteiger partial charge in [0.25, 0.3) is 6.47 Å². The van der Waals surface area contributed by atoms with Crippen molar-refractivity contribution in [2.75, 3.05) is 0 Å². The van der Waals surface area contributed by atoms with Gasteiger partial charge in [0.05, 0.1) is 16.9 Å². The van der Waals surface area contributed by atoms with Gasteiger partial charge in [0.2, 0.25) is 5.91 Å². The lowest BCUT2D eigenvalue weighted by atomic mass is 9.33. The van der Waals surface area contributed by atoms with E-state index in [4.69, 9.17) is 9.47 Å². The molecule has 0 heterocycles. The lowest BCUT2D eigenvalue weighted by Crippen LogP contribution is -2.67. The fraction of sp³-hybridized carbons (Fsp3) is 0.854. The molecule has 0 saturated heterocycles. The topological polar surface area (TPSA) is 116 Å². The van der Waals surface area contributed by atoms with Crippen LogP contribution in [0.2, 0.25) is 0 Å². The van der Waals surface area contributed by atoms with Crippen LogP contribution in [0, 0.1) is 68.0 Å². The van der Waals surface area contributed by atoms with Gasteiger partial charge in [-0.1, -0.05) is 89.0 Å². The van der Waals surface area contributed by atoms with E-state index in [0.29, 0.717) is 31.1 Å². The van der Waals surface area contributed by atoms with Crippen LogP contribution in [0.3, 0.4) is 0 Å². The minimum atomic E-state index is -0.845. The first-order chi connectivity index (χ1) is 26.0. The van der Waals surface area contributed by atoms with Crippen molar-refractivity contribution in [2.45, 2.75) is 190 Å². The van der Waals surface area contributed by atoms with Crippen molar-refractivity contribution >= 4 is 29.9 Å². The Kier molecular flexibility index (Phi) is 10.2. The molecule has 1 N–H and O–H groups in total. The lowest BCUT2D eigenvalue weighted by Gasteiger charge is -2.72. The number of ether oxygens (including phenoxy) is 2. The Morgan fingerprint density at radius 2 is 1.50 bits per heavy atom. The van der Waals surface area contributed by atoms with E-state index < -0.39 is 16.4 Å². The van der Waals surface area contributed by atoms with Gasteiger partial charge in [-0.25, -0.2) is 0 Å². The SMILES string of the molecule is CC(C)C1=C2[C@H]3CC[C@@H]4[C@@]5(C)CC[C@H](OC(=O)[C@H]6C[C@@H](OC=O)C6(C)C)C(C)(C)[C@@H]5CC[C@@]4(C)[C@]3(C)CC[C@@]2(NC(=O)C(C)(C)CC(=O)C2CCCC2)CC1=O. The van der Waals surface area contributed by atoms with Crippen LogP contribution in [0.25, 0.3) is 0 Å². The fourth-order valence-electron chi connectivity index (χ4n) is 15.0. The van der Waals surface area contributed by atoms with E-state index in [1.165, 1.54) is 5.57 Å². The Morgan fingerprint density at radius 1 is 0.821 bits per heavy atom. The minimum absolute atomic E-state index is 0.0359. The Morgan fingerprint density at radius 3 is 2.12 bits per heavy atom. The number of rotatable bonds is 10. The van der Waals surface area contributed by atoms with Crippen molar-refractivity contribution in [3.8, 4) is 0 Å². The van der Waals surface area contributed by atoms with Crippen molar-refractivity contribution in [1.29, 1.82) is 0 Å². The van der Waals surface area contributed by atoms with Crippen LogP contribution in [0.5, 0.6) is 0 Å². The molecule has 6 saturated carbocycles. The number of amides is 1. The molecule has 0 aromatic heterocycles. The summed E-state index contributed by atoms with van der Waals surface area (Å²) in [4.78, 5) is 66.6. The van der Waals surface area contributed by atoms with Crippen LogP contribution in [0.15, 0.2) is 11.1 Å². The molecule has 6 fully saturated rings. The second-order valence-electron chi connectivity index (χ2n) is 22.9. The summed E-state index contributed by atoms with van der Waals surface area (Å²) in [6.07, 6.45) is 12.5. The van der Waals surface area contributed by atoms with Crippen LogP contribution in [-0.4, -0.2) is 47.7 Å². The number of carbonyl (C=O) groups excluding carboxylic acids is 5. The van der Waals surface area contributed by atoms with Crippen molar-refractivity contribution in [3.63, 3.8) is 0 Å². The number of allylic oxidation sites excluding steroid dienone is 1. The molecule has 0 spiro atoms. The Bertz CT molecular complexity index is 1680. The molecule has 56 heavy (non-hydrogen) atoms. The largest absolute Gasteiger partial charge is 0.464 e. The molecule has 0 aromatic rings. The van der Waals surface area contributed by atoms with Gasteiger partial charge in [0.1, 0.15) is 18.0 Å². The van der Waals surface area contributed by atoms with E-state index in [-0.39, 0.29) is 87.4 Å². The smallest absolute Gasteiger partial charge is 0.310 e. The van der Waals surface area contributed by atoms with E-state index in [2.05, 4.69) is 53.8 Å². The van der Waals surface area contributed by atoms with Gasteiger partial charge in [-0.05, 0) is 122 Å². The van der Waals surface area contributed by atoms with Crippen LogP contribution >= 0.6 is 0 Å². The summed E-state index contributed by atoms with van der Waals surface area (Å²) >= 11 is 0. The van der Waals surface area contributed by atoms with Crippen LogP contribution < -0.4 is 5.32 Å². The molecular weight excluding hydrogens is 703 g/mol. The van der Waals surface area contributed by atoms with Crippen molar-refractivity contribution in [2.24, 2.45) is 68.0 Å². The normalized spacial score (nSPS) is 41.5. The van der Waals surface area contributed by atoms with Crippen molar-refractivity contribution in [3.05, 3.63) is 11.1 Å². The highest BCUT2D eigenvalue weighted by Crippen LogP contribution is 2.76. The van der Waals surface area contributed by atoms with E-state index >= 15 is 0 Å². The molecule has 1 amide bonds. The predicted molar refractivity (Wildman–Crippen MR) is 216 cm³/mol. The summed E-state index contributed by atoms with van der Waals surface area (Å²) in [7, 11) is 0. The first-order valence-electron chi connectivity index (χ1n) is 22.4. The third kappa shape index (κ3) is 6.03. The summed E-state index contributed by atoms with van der Waals surface area (Å²) in [5.41, 5.74) is 0.0685. The monoisotopic (exact) mass is 776 g/mol. The standard InChI is InChI=1S/C48H73NO7/c1-28(2)38-33(52)26-48(49-41(54)42(3,4)25-32(51)29-14-12-13-15-29)23-22-46(10)30(39(38)48)16-17-35-45(9)20-19-36(44(7,8)34(45)18-21-47(35,46)11)56-40(53)31-24-37(55-27-50)43(31,5)6/h27-31,34-37H,12-26H2,1-11H3,(H,49,54)/t30-,31-,34+,35-,36+,37-,45+,46-,47-,48-/m1/s1. The van der Waals surface area contributed by atoms with E-state index in [1.807, 2.05) is 27.7 Å². The molecule has 7 aliphatic carbocycles. The quantitative estimate of drug-likeness (QED) is 0.174. The number of esters is 1. The highest BCUT2D eigenvalue weighted by Gasteiger charge is 2.70. The summed E-state index contributed by atoms with van der Waals surface area (Å²) in [5, 5.41) is 3.56. The van der Waals surface area contributed by atoms with E-state index in [9.17, 15) is 24.0 Å². The number of ketones is 2. The number of nitrogens with one attached hydrogen (secondary N) is 1. The molecule has 0 bridgehead atoms.